The molecule has 1 saturated heterocycles. The van der Waals surface area contributed by atoms with E-state index in [-0.39, 0.29) is 12.1 Å². The van der Waals surface area contributed by atoms with Gasteiger partial charge in [0.05, 0.1) is 25.9 Å². The van der Waals surface area contributed by atoms with Gasteiger partial charge in [-0.3, -0.25) is 0 Å². The third-order valence-electron chi connectivity index (χ3n) is 3.04. The smallest absolute Gasteiger partial charge is 0.410 e. The molecule has 0 N–H and O–H groups in total. The van der Waals surface area contributed by atoms with Crippen molar-refractivity contribution in [2.45, 2.75) is 19.4 Å². The molecule has 4 heteroatoms. The second-order valence-corrected chi connectivity index (χ2v) is 4.31. The molecule has 18 heavy (non-hydrogen) atoms. The Kier molecular flexibility index (Phi) is 4.59. The standard InChI is InChI=1S/C14H19NO3/c1-2-18-14(16)15-8-9-17-11-13(15)10-12-6-4-3-5-7-12/h3-7,13H,2,8-11H2,1H3. The van der Waals surface area contributed by atoms with E-state index in [1.807, 2.05) is 25.1 Å². The molecule has 0 saturated carbocycles. The van der Waals surface area contributed by atoms with Crippen LogP contribution in [0.5, 0.6) is 0 Å². The van der Waals surface area contributed by atoms with Gasteiger partial charge in [0.1, 0.15) is 0 Å². The molecule has 0 aliphatic carbocycles. The second kappa shape index (κ2) is 6.40. The summed E-state index contributed by atoms with van der Waals surface area (Å²) >= 11 is 0. The van der Waals surface area contributed by atoms with Gasteiger partial charge in [-0.2, -0.15) is 0 Å². The Hall–Kier alpha value is -1.55. The van der Waals surface area contributed by atoms with Crippen LogP contribution in [0.15, 0.2) is 30.3 Å². The van der Waals surface area contributed by atoms with E-state index >= 15 is 0 Å². The Morgan fingerprint density at radius 1 is 1.44 bits per heavy atom. The topological polar surface area (TPSA) is 38.8 Å². The number of rotatable bonds is 3. The molecule has 1 heterocycles. The molecule has 0 bridgehead atoms. The van der Waals surface area contributed by atoms with Gasteiger partial charge in [-0.1, -0.05) is 30.3 Å². The van der Waals surface area contributed by atoms with Gasteiger partial charge in [0.15, 0.2) is 0 Å². The Labute approximate surface area is 107 Å². The molecule has 1 fully saturated rings. The predicted molar refractivity (Wildman–Crippen MR) is 68.5 cm³/mol. The molecule has 0 spiro atoms. The Balaban J connectivity index is 2.01. The van der Waals surface area contributed by atoms with Crippen molar-refractivity contribution in [1.82, 2.24) is 4.90 Å². The molecule has 1 atom stereocenters. The van der Waals surface area contributed by atoms with Crippen molar-refractivity contribution in [2.75, 3.05) is 26.4 Å². The highest BCUT2D eigenvalue weighted by Gasteiger charge is 2.28. The van der Waals surface area contributed by atoms with Gasteiger partial charge in [-0.15, -0.1) is 0 Å². The van der Waals surface area contributed by atoms with Crippen LogP contribution in [0, 0.1) is 0 Å². The minimum Gasteiger partial charge on any atom is -0.450 e. The summed E-state index contributed by atoms with van der Waals surface area (Å²) in [4.78, 5) is 13.6. The van der Waals surface area contributed by atoms with Crippen LogP contribution in [0.4, 0.5) is 4.79 Å². The van der Waals surface area contributed by atoms with E-state index in [0.29, 0.717) is 26.4 Å². The number of amides is 1. The normalized spacial score (nSPS) is 19.6. The van der Waals surface area contributed by atoms with E-state index in [4.69, 9.17) is 9.47 Å². The average molecular weight is 249 g/mol. The molecule has 1 aliphatic heterocycles. The summed E-state index contributed by atoms with van der Waals surface area (Å²) in [5.41, 5.74) is 1.21. The first kappa shape index (κ1) is 12.9. The number of hydrogen-bond donors (Lipinski definition) is 0. The Bertz CT molecular complexity index is 380. The lowest BCUT2D eigenvalue weighted by Crippen LogP contribution is -2.49. The molecule has 0 aromatic heterocycles. The third-order valence-corrected chi connectivity index (χ3v) is 3.04. The molecule has 1 aliphatic rings. The molecule has 1 unspecified atom stereocenters. The fourth-order valence-electron chi connectivity index (χ4n) is 2.16. The van der Waals surface area contributed by atoms with Crippen LogP contribution < -0.4 is 0 Å². The van der Waals surface area contributed by atoms with Crippen molar-refractivity contribution < 1.29 is 14.3 Å². The lowest BCUT2D eigenvalue weighted by molar-refractivity contribution is -0.00768. The first-order valence-corrected chi connectivity index (χ1v) is 6.36. The van der Waals surface area contributed by atoms with Crippen LogP contribution in [-0.4, -0.2) is 43.4 Å². The van der Waals surface area contributed by atoms with Gasteiger partial charge < -0.3 is 14.4 Å². The molecular weight excluding hydrogens is 230 g/mol. The van der Waals surface area contributed by atoms with Crippen molar-refractivity contribution in [1.29, 1.82) is 0 Å². The molecule has 0 radical (unpaired) electrons. The quantitative estimate of drug-likeness (QED) is 0.823. The Morgan fingerprint density at radius 3 is 2.94 bits per heavy atom. The van der Waals surface area contributed by atoms with Crippen molar-refractivity contribution in [3.8, 4) is 0 Å². The number of benzene rings is 1. The fraction of sp³-hybridized carbons (Fsp3) is 0.500. The number of nitrogens with zero attached hydrogens (tertiary/aromatic N) is 1. The van der Waals surface area contributed by atoms with E-state index < -0.39 is 0 Å². The molecular formula is C14H19NO3. The maximum atomic E-state index is 11.8. The zero-order chi connectivity index (χ0) is 12.8. The average Bonchev–Trinajstić information content (AvgIpc) is 2.41. The first-order valence-electron chi connectivity index (χ1n) is 6.36. The monoisotopic (exact) mass is 249 g/mol. The van der Waals surface area contributed by atoms with Gasteiger partial charge in [0, 0.05) is 6.54 Å². The van der Waals surface area contributed by atoms with Crippen LogP contribution in [0.3, 0.4) is 0 Å². The molecule has 2 rings (SSSR count). The van der Waals surface area contributed by atoms with Gasteiger partial charge in [0.25, 0.3) is 0 Å². The molecule has 1 aromatic rings. The van der Waals surface area contributed by atoms with E-state index in [9.17, 15) is 4.79 Å². The van der Waals surface area contributed by atoms with Crippen LogP contribution in [-0.2, 0) is 15.9 Å². The Morgan fingerprint density at radius 2 is 2.22 bits per heavy atom. The number of carbonyl (C=O) groups is 1. The lowest BCUT2D eigenvalue weighted by Gasteiger charge is -2.34. The summed E-state index contributed by atoms with van der Waals surface area (Å²) in [6, 6.07) is 10.2. The van der Waals surface area contributed by atoms with Crippen LogP contribution in [0.25, 0.3) is 0 Å². The summed E-state index contributed by atoms with van der Waals surface area (Å²) in [7, 11) is 0. The van der Waals surface area contributed by atoms with E-state index in [0.717, 1.165) is 6.42 Å². The third kappa shape index (κ3) is 3.23. The maximum absolute atomic E-state index is 11.8. The highest BCUT2D eigenvalue weighted by atomic mass is 16.6. The van der Waals surface area contributed by atoms with Crippen LogP contribution in [0.1, 0.15) is 12.5 Å². The van der Waals surface area contributed by atoms with Crippen LogP contribution >= 0.6 is 0 Å². The fourth-order valence-corrected chi connectivity index (χ4v) is 2.16. The molecule has 1 amide bonds. The number of carbonyl (C=O) groups excluding carboxylic acids is 1. The predicted octanol–water partition coefficient (Wildman–Crippen LogP) is 2.09. The van der Waals surface area contributed by atoms with E-state index in [1.54, 1.807) is 4.90 Å². The molecule has 98 valence electrons. The van der Waals surface area contributed by atoms with Gasteiger partial charge in [0.2, 0.25) is 0 Å². The highest BCUT2D eigenvalue weighted by Crippen LogP contribution is 2.14. The summed E-state index contributed by atoms with van der Waals surface area (Å²) in [5.74, 6) is 0. The summed E-state index contributed by atoms with van der Waals surface area (Å²) in [6.07, 6.45) is 0.571. The minimum absolute atomic E-state index is 0.0696. The van der Waals surface area contributed by atoms with Crippen molar-refractivity contribution >= 4 is 6.09 Å². The second-order valence-electron chi connectivity index (χ2n) is 4.31. The van der Waals surface area contributed by atoms with Crippen molar-refractivity contribution in [3.63, 3.8) is 0 Å². The zero-order valence-electron chi connectivity index (χ0n) is 10.7. The van der Waals surface area contributed by atoms with Gasteiger partial charge >= 0.3 is 6.09 Å². The largest absolute Gasteiger partial charge is 0.450 e. The summed E-state index contributed by atoms with van der Waals surface area (Å²) in [5, 5.41) is 0. The van der Waals surface area contributed by atoms with E-state index in [2.05, 4.69) is 12.1 Å². The van der Waals surface area contributed by atoms with Crippen molar-refractivity contribution in [2.24, 2.45) is 0 Å². The lowest BCUT2D eigenvalue weighted by atomic mass is 10.0. The minimum atomic E-state index is -0.235. The van der Waals surface area contributed by atoms with Gasteiger partial charge in [-0.05, 0) is 18.9 Å². The number of ether oxygens (including phenoxy) is 2. The molecule has 1 aromatic carbocycles. The summed E-state index contributed by atoms with van der Waals surface area (Å²) in [6.45, 7) is 4.01. The van der Waals surface area contributed by atoms with Crippen LogP contribution in [0.2, 0.25) is 0 Å². The first-order chi connectivity index (χ1) is 8.81. The highest BCUT2D eigenvalue weighted by molar-refractivity contribution is 5.68. The van der Waals surface area contributed by atoms with Crippen molar-refractivity contribution in [3.05, 3.63) is 35.9 Å². The number of hydrogen-bond acceptors (Lipinski definition) is 3. The summed E-state index contributed by atoms with van der Waals surface area (Å²) < 4.78 is 10.5. The van der Waals surface area contributed by atoms with Gasteiger partial charge in [-0.25, -0.2) is 4.79 Å². The van der Waals surface area contributed by atoms with E-state index in [1.165, 1.54) is 5.56 Å². The SMILES string of the molecule is CCOC(=O)N1CCOCC1Cc1ccccc1. The number of morpholine rings is 1. The molecule has 4 nitrogen and oxygen atoms in total. The zero-order valence-corrected chi connectivity index (χ0v) is 10.7. The maximum Gasteiger partial charge on any atom is 0.410 e.